The van der Waals surface area contributed by atoms with E-state index in [1.807, 2.05) is 0 Å². The lowest BCUT2D eigenvalue weighted by Gasteiger charge is -2.21. The molecule has 2 heteroatoms. The zero-order valence-electron chi connectivity index (χ0n) is 29.3. The van der Waals surface area contributed by atoms with E-state index < -0.39 is 0 Å². The Labute approximate surface area is 281 Å². The van der Waals surface area contributed by atoms with Gasteiger partial charge in [-0.1, -0.05) is 126 Å². The van der Waals surface area contributed by atoms with Gasteiger partial charge in [-0.3, -0.25) is 0 Å². The summed E-state index contributed by atoms with van der Waals surface area (Å²) in [6.45, 7) is 8.98. The minimum atomic E-state index is 0.448. The number of rotatable bonds is 19. The number of aryl methyl sites for hydroxylation is 4. The standard InChI is InChI=1S/C44H60N2/c1-5-7-11-17-43(41-29-27-39(45)31-33(41)3)37-23-19-35(20-24-37)15-13-9-10-14-16-36-21-25-38(26-22-36)44(18-12-8-6-2)42-30-28-40(46)32-34(42)4/h19-32,43-44H,5-18,45-46H2,1-4H3. The number of unbranched alkanes of at least 4 members (excludes halogenated alkanes) is 7. The van der Waals surface area contributed by atoms with E-state index in [-0.39, 0.29) is 0 Å². The maximum atomic E-state index is 6.07. The van der Waals surface area contributed by atoms with Crippen molar-refractivity contribution in [2.45, 2.75) is 129 Å². The van der Waals surface area contributed by atoms with E-state index >= 15 is 0 Å². The van der Waals surface area contributed by atoms with Gasteiger partial charge >= 0.3 is 0 Å². The lowest BCUT2D eigenvalue weighted by molar-refractivity contribution is 0.616. The Morgan fingerprint density at radius 1 is 0.457 bits per heavy atom. The second-order valence-corrected chi connectivity index (χ2v) is 13.7. The third kappa shape index (κ3) is 10.5. The molecule has 0 fully saturated rings. The summed E-state index contributed by atoms with van der Waals surface area (Å²) in [5.41, 5.74) is 25.1. The van der Waals surface area contributed by atoms with E-state index in [1.165, 1.54) is 134 Å². The van der Waals surface area contributed by atoms with Crippen molar-refractivity contribution >= 4 is 11.4 Å². The Hall–Kier alpha value is -3.52. The molecule has 4 rings (SSSR count). The van der Waals surface area contributed by atoms with E-state index in [9.17, 15) is 0 Å². The number of nitrogen functional groups attached to an aromatic ring is 2. The Morgan fingerprint density at radius 2 is 0.848 bits per heavy atom. The van der Waals surface area contributed by atoms with Crippen molar-refractivity contribution in [3.05, 3.63) is 129 Å². The molecule has 4 N–H and O–H groups in total. The first kappa shape index (κ1) is 35.3. The van der Waals surface area contributed by atoms with Crippen molar-refractivity contribution < 1.29 is 0 Å². The number of anilines is 2. The summed E-state index contributed by atoms with van der Waals surface area (Å²) < 4.78 is 0. The zero-order chi connectivity index (χ0) is 32.7. The van der Waals surface area contributed by atoms with Gasteiger partial charge in [0, 0.05) is 23.2 Å². The Balaban J connectivity index is 1.24. The molecule has 2 nitrogen and oxygen atoms in total. The van der Waals surface area contributed by atoms with Gasteiger partial charge in [0.05, 0.1) is 0 Å². The highest BCUT2D eigenvalue weighted by Gasteiger charge is 2.18. The second kappa shape index (κ2) is 18.6. The van der Waals surface area contributed by atoms with E-state index in [2.05, 4.69) is 113 Å². The van der Waals surface area contributed by atoms with Crippen molar-refractivity contribution in [3.8, 4) is 0 Å². The number of benzene rings is 4. The van der Waals surface area contributed by atoms with Crippen LogP contribution in [0.4, 0.5) is 11.4 Å². The molecule has 0 saturated carbocycles. The fraction of sp³-hybridized carbons (Fsp3) is 0.455. The molecule has 4 aromatic carbocycles. The molecule has 0 saturated heterocycles. The van der Waals surface area contributed by atoms with Gasteiger partial charge in [0.25, 0.3) is 0 Å². The highest BCUT2D eigenvalue weighted by molar-refractivity contribution is 5.49. The van der Waals surface area contributed by atoms with Gasteiger partial charge in [0.2, 0.25) is 0 Å². The largest absolute Gasteiger partial charge is 0.399 e. The summed E-state index contributed by atoms with van der Waals surface area (Å²) in [5, 5.41) is 0. The first-order chi connectivity index (χ1) is 22.4. The van der Waals surface area contributed by atoms with Crippen LogP contribution in [0.25, 0.3) is 0 Å². The summed E-state index contributed by atoms with van der Waals surface area (Å²) in [6.07, 6.45) is 17.4. The van der Waals surface area contributed by atoms with Crippen molar-refractivity contribution in [3.63, 3.8) is 0 Å². The van der Waals surface area contributed by atoms with Gasteiger partial charge < -0.3 is 11.5 Å². The average molecular weight is 617 g/mol. The quantitative estimate of drug-likeness (QED) is 0.0813. The summed E-state index contributed by atoms with van der Waals surface area (Å²) in [7, 11) is 0. The molecule has 0 radical (unpaired) electrons. The summed E-state index contributed by atoms with van der Waals surface area (Å²) in [4.78, 5) is 0. The van der Waals surface area contributed by atoms with Crippen LogP contribution in [0.15, 0.2) is 84.9 Å². The van der Waals surface area contributed by atoms with E-state index in [0.29, 0.717) is 11.8 Å². The average Bonchev–Trinajstić information content (AvgIpc) is 3.05. The predicted octanol–water partition coefficient (Wildman–Crippen LogP) is 12.2. The Kier molecular flexibility index (Phi) is 14.3. The van der Waals surface area contributed by atoms with Crippen LogP contribution in [0, 0.1) is 13.8 Å². The summed E-state index contributed by atoms with van der Waals surface area (Å²) in [5.74, 6) is 0.896. The number of hydrogen-bond donors (Lipinski definition) is 2. The van der Waals surface area contributed by atoms with E-state index in [4.69, 9.17) is 11.5 Å². The van der Waals surface area contributed by atoms with Crippen LogP contribution in [0.1, 0.15) is 147 Å². The minimum absolute atomic E-state index is 0.448. The molecular weight excluding hydrogens is 556 g/mol. The molecular formula is C44H60N2. The van der Waals surface area contributed by atoms with Crippen molar-refractivity contribution in [2.24, 2.45) is 0 Å². The predicted molar refractivity (Wildman–Crippen MR) is 202 cm³/mol. The monoisotopic (exact) mass is 616 g/mol. The first-order valence-electron chi connectivity index (χ1n) is 18.3. The molecule has 4 aromatic rings. The third-order valence-corrected chi connectivity index (χ3v) is 9.98. The summed E-state index contributed by atoms with van der Waals surface area (Å²) >= 11 is 0. The van der Waals surface area contributed by atoms with E-state index in [0.717, 1.165) is 11.4 Å². The third-order valence-electron chi connectivity index (χ3n) is 9.98. The zero-order valence-corrected chi connectivity index (χ0v) is 29.3. The number of nitrogens with two attached hydrogens (primary N) is 2. The molecule has 0 aliphatic rings. The minimum Gasteiger partial charge on any atom is -0.399 e. The maximum absolute atomic E-state index is 6.07. The highest BCUT2D eigenvalue weighted by atomic mass is 14.5. The fourth-order valence-electron chi connectivity index (χ4n) is 7.23. The van der Waals surface area contributed by atoms with Crippen LogP contribution < -0.4 is 11.5 Å². The van der Waals surface area contributed by atoms with Crippen LogP contribution in [-0.2, 0) is 12.8 Å². The van der Waals surface area contributed by atoms with Gasteiger partial charge in [-0.05, 0) is 121 Å². The first-order valence-corrected chi connectivity index (χ1v) is 18.3. The molecule has 2 atom stereocenters. The maximum Gasteiger partial charge on any atom is 0.0316 e. The SMILES string of the molecule is CCCCCC(c1ccc(CCCCCCc2ccc(C(CCCCC)c3ccc(N)cc3C)cc2)cc1)c1ccc(N)cc1C. The van der Waals surface area contributed by atoms with Gasteiger partial charge in [-0.2, -0.15) is 0 Å². The molecule has 0 heterocycles. The lowest BCUT2D eigenvalue weighted by Crippen LogP contribution is -2.05. The normalized spacial score (nSPS) is 12.7. The molecule has 0 aliphatic carbocycles. The van der Waals surface area contributed by atoms with Crippen LogP contribution in [0.3, 0.4) is 0 Å². The Morgan fingerprint density at radius 3 is 1.20 bits per heavy atom. The smallest absolute Gasteiger partial charge is 0.0316 e. The van der Waals surface area contributed by atoms with Crippen LogP contribution in [0.5, 0.6) is 0 Å². The van der Waals surface area contributed by atoms with Crippen LogP contribution >= 0.6 is 0 Å². The van der Waals surface area contributed by atoms with Gasteiger partial charge in [-0.15, -0.1) is 0 Å². The molecule has 0 spiro atoms. The van der Waals surface area contributed by atoms with E-state index in [1.54, 1.807) is 0 Å². The molecule has 0 aromatic heterocycles. The summed E-state index contributed by atoms with van der Waals surface area (Å²) in [6, 6.07) is 31.9. The Bertz CT molecular complexity index is 1340. The fourth-order valence-corrected chi connectivity index (χ4v) is 7.23. The molecule has 0 amide bonds. The molecule has 46 heavy (non-hydrogen) atoms. The lowest BCUT2D eigenvalue weighted by atomic mass is 9.84. The molecule has 246 valence electrons. The molecule has 2 unspecified atom stereocenters. The van der Waals surface area contributed by atoms with Gasteiger partial charge in [-0.25, -0.2) is 0 Å². The molecule has 0 bridgehead atoms. The number of hydrogen-bond acceptors (Lipinski definition) is 2. The highest BCUT2D eigenvalue weighted by Crippen LogP contribution is 2.35. The molecule has 0 aliphatic heterocycles. The van der Waals surface area contributed by atoms with Gasteiger partial charge in [0.1, 0.15) is 0 Å². The second-order valence-electron chi connectivity index (χ2n) is 13.7. The van der Waals surface area contributed by atoms with Crippen molar-refractivity contribution in [1.29, 1.82) is 0 Å². The van der Waals surface area contributed by atoms with Crippen molar-refractivity contribution in [1.82, 2.24) is 0 Å². The van der Waals surface area contributed by atoms with Crippen LogP contribution in [-0.4, -0.2) is 0 Å². The van der Waals surface area contributed by atoms with Crippen LogP contribution in [0.2, 0.25) is 0 Å². The topological polar surface area (TPSA) is 52.0 Å². The van der Waals surface area contributed by atoms with Crippen molar-refractivity contribution in [2.75, 3.05) is 11.5 Å². The van der Waals surface area contributed by atoms with Gasteiger partial charge in [0.15, 0.2) is 0 Å².